The second kappa shape index (κ2) is 16.4. The smallest absolute Gasteiger partial charge is 0.315 e. The Morgan fingerprint density at radius 1 is 1.05 bits per heavy atom. The van der Waals surface area contributed by atoms with E-state index in [1.54, 1.807) is 12.1 Å². The van der Waals surface area contributed by atoms with Crippen LogP contribution in [0, 0.1) is 5.92 Å². The molecule has 0 aromatic heterocycles. The van der Waals surface area contributed by atoms with Crippen LogP contribution in [0.15, 0.2) is 24.3 Å². The van der Waals surface area contributed by atoms with Crippen LogP contribution >= 0.6 is 11.8 Å². The number of carbonyl (C=O) groups excluding carboxylic acids is 5. The van der Waals surface area contributed by atoms with Gasteiger partial charge in [0, 0.05) is 29.5 Å². The lowest BCUT2D eigenvalue weighted by Gasteiger charge is -2.23. The van der Waals surface area contributed by atoms with Crippen LogP contribution in [-0.4, -0.2) is 71.8 Å². The van der Waals surface area contributed by atoms with Gasteiger partial charge in [-0.3, -0.25) is 14.4 Å². The molecule has 1 aromatic carbocycles. The van der Waals surface area contributed by atoms with Crippen LogP contribution in [0.5, 0.6) is 0 Å². The van der Waals surface area contributed by atoms with Crippen LogP contribution in [0.25, 0.3) is 0 Å². The fraction of sp³-hybridized carbons (Fsp3) is 0.633. The van der Waals surface area contributed by atoms with Crippen LogP contribution in [0.2, 0.25) is 0 Å². The first-order chi connectivity index (χ1) is 19.7. The van der Waals surface area contributed by atoms with Gasteiger partial charge >= 0.3 is 6.03 Å². The van der Waals surface area contributed by atoms with Crippen molar-refractivity contribution >= 4 is 41.8 Å². The molecule has 10 nitrogen and oxygen atoms in total. The summed E-state index contributed by atoms with van der Waals surface area (Å²) in [6.45, 7) is 6.25. The summed E-state index contributed by atoms with van der Waals surface area (Å²) in [4.78, 5) is 60.9. The average Bonchev–Trinajstić information content (AvgIpc) is 3.51. The molecule has 0 bridgehead atoms. The lowest BCUT2D eigenvalue weighted by molar-refractivity contribution is -0.126. The van der Waals surface area contributed by atoms with Gasteiger partial charge < -0.3 is 31.4 Å². The van der Waals surface area contributed by atoms with Crippen molar-refractivity contribution in [1.82, 2.24) is 26.6 Å². The van der Waals surface area contributed by atoms with E-state index in [2.05, 4.69) is 26.6 Å². The Labute approximate surface area is 247 Å². The van der Waals surface area contributed by atoms with E-state index in [1.165, 1.54) is 0 Å². The zero-order valence-corrected chi connectivity index (χ0v) is 25.2. The van der Waals surface area contributed by atoms with Crippen LogP contribution in [0.1, 0.15) is 81.6 Å². The number of rotatable bonds is 17. The van der Waals surface area contributed by atoms with Crippen molar-refractivity contribution in [2.45, 2.75) is 102 Å². The zero-order valence-electron chi connectivity index (χ0n) is 24.4. The summed E-state index contributed by atoms with van der Waals surface area (Å²) in [5, 5.41) is 14.8. The van der Waals surface area contributed by atoms with Crippen molar-refractivity contribution < 1.29 is 24.0 Å². The van der Waals surface area contributed by atoms with Crippen molar-refractivity contribution in [2.75, 3.05) is 12.3 Å². The third kappa shape index (κ3) is 10.1. The molecule has 2 fully saturated rings. The quantitative estimate of drug-likeness (QED) is 0.108. The molecular weight excluding hydrogens is 542 g/mol. The van der Waals surface area contributed by atoms with E-state index in [0.717, 1.165) is 43.3 Å². The number of fused-ring (bicyclic) bond motifs is 1. The number of nitrogens with one attached hydrogen (secondary N) is 5. The minimum absolute atomic E-state index is 0.0119. The number of thioether (sulfide) groups is 1. The number of urea groups is 1. The Bertz CT molecular complexity index is 1050. The second-order valence-corrected chi connectivity index (χ2v) is 12.5. The molecule has 5 N–H and O–H groups in total. The molecule has 0 aliphatic carbocycles. The molecule has 2 aliphatic heterocycles. The Balaban J connectivity index is 1.29. The molecule has 3 rings (SSSR count). The maximum Gasteiger partial charge on any atom is 0.315 e. The van der Waals surface area contributed by atoms with Crippen LogP contribution < -0.4 is 26.6 Å². The Kier molecular flexibility index (Phi) is 13.0. The Morgan fingerprint density at radius 3 is 2.49 bits per heavy atom. The number of hydrogen-bond donors (Lipinski definition) is 5. The lowest BCUT2D eigenvalue weighted by atomic mass is 10.0. The maximum absolute atomic E-state index is 12.9. The molecular formula is C30H45N5O5S. The van der Waals surface area contributed by atoms with E-state index >= 15 is 0 Å². The fourth-order valence-corrected chi connectivity index (χ4v) is 6.72. The summed E-state index contributed by atoms with van der Waals surface area (Å²) in [5.41, 5.74) is 1.61. The van der Waals surface area contributed by atoms with E-state index < -0.39 is 12.1 Å². The van der Waals surface area contributed by atoms with E-state index in [9.17, 15) is 24.0 Å². The first kappa shape index (κ1) is 32.4. The normalized spacial score (nSPS) is 20.9. The van der Waals surface area contributed by atoms with Crippen LogP contribution in [0.4, 0.5) is 4.79 Å². The number of aryl methyl sites for hydroxylation is 1. The van der Waals surface area contributed by atoms with E-state index in [-0.39, 0.29) is 41.8 Å². The molecule has 41 heavy (non-hydrogen) atoms. The Morgan fingerprint density at radius 2 is 1.80 bits per heavy atom. The largest absolute Gasteiger partial charge is 0.356 e. The highest BCUT2D eigenvalue weighted by molar-refractivity contribution is 8.00. The minimum atomic E-state index is -0.766. The van der Waals surface area contributed by atoms with Gasteiger partial charge in [0.25, 0.3) is 5.91 Å². The third-order valence-corrected chi connectivity index (χ3v) is 9.21. The molecule has 1 aromatic rings. The van der Waals surface area contributed by atoms with Gasteiger partial charge in [0.2, 0.25) is 11.8 Å². The first-order valence-electron chi connectivity index (χ1n) is 14.8. The SMILES string of the molecule is CCc1ccc(C(=O)N[C@H](C(=O)N[C@H](C=O)CCCCNC(=O)CCCC[C@@H]2SC[C@@H]3NC(=O)N[C@@H]32)C(C)C)cc1. The average molecular weight is 588 g/mol. The number of unbranched alkanes of at least 4 members (excludes halogenated alkanes) is 2. The predicted molar refractivity (Wildman–Crippen MR) is 161 cm³/mol. The number of aldehydes is 1. The number of carbonyl (C=O) groups is 5. The number of hydrogen-bond acceptors (Lipinski definition) is 6. The molecule has 0 unspecified atom stereocenters. The standard InChI is InChI=1S/C30H45N5O5S/c1-4-20-12-14-21(15-13-20)28(38)34-26(19(2)3)29(39)32-22(17-36)9-7-8-16-31-25(37)11-6-5-10-24-27-23(18-41-24)33-30(40)35-27/h12-15,17,19,22-24,26-27H,4-11,16,18H2,1-3H3,(H,31,37)(H,32,39)(H,34,38)(H2,33,35,40)/t22-,23-,24-,26-,27-/m0/s1. The molecule has 5 atom stereocenters. The minimum Gasteiger partial charge on any atom is -0.356 e. The molecule has 2 saturated heterocycles. The van der Waals surface area contributed by atoms with Gasteiger partial charge in [-0.1, -0.05) is 39.3 Å². The van der Waals surface area contributed by atoms with Gasteiger partial charge in [0.05, 0.1) is 18.1 Å². The summed E-state index contributed by atoms with van der Waals surface area (Å²) >= 11 is 1.88. The first-order valence-corrected chi connectivity index (χ1v) is 15.9. The molecule has 11 heteroatoms. The highest BCUT2D eigenvalue weighted by atomic mass is 32.2. The van der Waals surface area contributed by atoms with Crippen LogP contribution in [-0.2, 0) is 20.8 Å². The van der Waals surface area contributed by atoms with E-state index in [1.807, 2.05) is 44.7 Å². The number of benzene rings is 1. The van der Waals surface area contributed by atoms with Gasteiger partial charge in [0.15, 0.2) is 0 Å². The topological polar surface area (TPSA) is 146 Å². The van der Waals surface area contributed by atoms with Crippen molar-refractivity contribution in [2.24, 2.45) is 5.92 Å². The molecule has 226 valence electrons. The summed E-state index contributed by atoms with van der Waals surface area (Å²) in [6.07, 6.45) is 6.59. The van der Waals surface area contributed by atoms with E-state index in [0.29, 0.717) is 43.0 Å². The summed E-state index contributed by atoms with van der Waals surface area (Å²) < 4.78 is 0. The van der Waals surface area contributed by atoms with Gasteiger partial charge in [-0.05, 0) is 62.1 Å². The van der Waals surface area contributed by atoms with Crippen molar-refractivity contribution in [3.05, 3.63) is 35.4 Å². The molecule has 0 saturated carbocycles. The van der Waals surface area contributed by atoms with Gasteiger partial charge in [-0.25, -0.2) is 4.79 Å². The van der Waals surface area contributed by atoms with Gasteiger partial charge in [-0.2, -0.15) is 11.8 Å². The van der Waals surface area contributed by atoms with Crippen molar-refractivity contribution in [1.29, 1.82) is 0 Å². The van der Waals surface area contributed by atoms with Crippen molar-refractivity contribution in [3.63, 3.8) is 0 Å². The monoisotopic (exact) mass is 587 g/mol. The number of amides is 5. The van der Waals surface area contributed by atoms with Gasteiger partial charge in [0.1, 0.15) is 12.3 Å². The Hall–Kier alpha value is -3.08. The predicted octanol–water partition coefficient (Wildman–Crippen LogP) is 2.70. The van der Waals surface area contributed by atoms with E-state index in [4.69, 9.17) is 0 Å². The molecule has 0 radical (unpaired) electrons. The molecule has 2 aliphatic rings. The fourth-order valence-electron chi connectivity index (χ4n) is 5.18. The maximum atomic E-state index is 12.9. The van der Waals surface area contributed by atoms with Crippen LogP contribution in [0.3, 0.4) is 0 Å². The summed E-state index contributed by atoms with van der Waals surface area (Å²) in [6, 6.07) is 6.19. The summed E-state index contributed by atoms with van der Waals surface area (Å²) in [7, 11) is 0. The molecule has 0 spiro atoms. The lowest BCUT2D eigenvalue weighted by Crippen LogP contribution is -2.52. The zero-order chi connectivity index (χ0) is 29.8. The summed E-state index contributed by atoms with van der Waals surface area (Å²) in [5.74, 6) is 0.0721. The van der Waals surface area contributed by atoms with Gasteiger partial charge in [-0.15, -0.1) is 0 Å². The highest BCUT2D eigenvalue weighted by Crippen LogP contribution is 2.33. The second-order valence-electron chi connectivity index (χ2n) is 11.2. The highest BCUT2D eigenvalue weighted by Gasteiger charge is 2.42. The molecule has 2 heterocycles. The van der Waals surface area contributed by atoms with Crippen molar-refractivity contribution in [3.8, 4) is 0 Å². The third-order valence-electron chi connectivity index (χ3n) is 7.70. The molecule has 5 amide bonds.